The maximum atomic E-state index is 12.1. The van der Waals surface area contributed by atoms with E-state index in [0.29, 0.717) is 12.1 Å². The van der Waals surface area contributed by atoms with E-state index in [4.69, 9.17) is 0 Å². The van der Waals surface area contributed by atoms with Gasteiger partial charge in [0.25, 0.3) is 5.69 Å². The molecule has 9 heteroatoms. The molecule has 21 heavy (non-hydrogen) atoms. The first-order valence-electron chi connectivity index (χ1n) is 6.38. The zero-order chi connectivity index (χ0) is 14.8. The van der Waals surface area contributed by atoms with Crippen LogP contribution in [0.15, 0.2) is 23.1 Å². The summed E-state index contributed by atoms with van der Waals surface area (Å²) in [7, 11) is -3.63. The van der Waals surface area contributed by atoms with Crippen molar-refractivity contribution in [2.45, 2.75) is 30.7 Å². The van der Waals surface area contributed by atoms with Crippen molar-refractivity contribution >= 4 is 28.1 Å². The van der Waals surface area contributed by atoms with Gasteiger partial charge in [-0.2, -0.15) is 0 Å². The van der Waals surface area contributed by atoms with Gasteiger partial charge in [-0.1, -0.05) is 0 Å². The Morgan fingerprint density at radius 1 is 1.48 bits per heavy atom. The number of sulfonamides is 1. The minimum atomic E-state index is -3.63. The molecule has 1 fully saturated rings. The molecule has 7 nitrogen and oxygen atoms in total. The Bertz CT molecular complexity index is 615. The van der Waals surface area contributed by atoms with Crippen LogP contribution in [0.25, 0.3) is 0 Å². The zero-order valence-electron chi connectivity index (χ0n) is 11.5. The number of nitrogens with zero attached hydrogens (tertiary/aromatic N) is 1. The first-order chi connectivity index (χ1) is 9.40. The Morgan fingerprint density at radius 2 is 2.19 bits per heavy atom. The molecule has 1 saturated heterocycles. The van der Waals surface area contributed by atoms with E-state index in [-0.39, 0.29) is 29.0 Å². The lowest BCUT2D eigenvalue weighted by Crippen LogP contribution is -2.37. The second-order valence-electron chi connectivity index (χ2n) is 4.85. The Labute approximate surface area is 129 Å². The van der Waals surface area contributed by atoms with Crippen LogP contribution in [0.1, 0.15) is 18.4 Å². The highest BCUT2D eigenvalue weighted by Crippen LogP contribution is 2.21. The summed E-state index contributed by atoms with van der Waals surface area (Å²) in [5.41, 5.74) is 0.248. The van der Waals surface area contributed by atoms with Crippen molar-refractivity contribution in [3.05, 3.63) is 33.9 Å². The molecule has 1 heterocycles. The number of benzene rings is 1. The number of aryl methyl sites for hydroxylation is 1. The highest BCUT2D eigenvalue weighted by molar-refractivity contribution is 7.89. The number of halogens is 1. The van der Waals surface area contributed by atoms with E-state index in [1.165, 1.54) is 25.1 Å². The fourth-order valence-electron chi connectivity index (χ4n) is 2.22. The van der Waals surface area contributed by atoms with Crippen LogP contribution in [0.5, 0.6) is 0 Å². The van der Waals surface area contributed by atoms with Crippen LogP contribution < -0.4 is 10.0 Å². The van der Waals surface area contributed by atoms with Gasteiger partial charge in [0.05, 0.1) is 9.82 Å². The van der Waals surface area contributed by atoms with Gasteiger partial charge in [0, 0.05) is 24.2 Å². The highest BCUT2D eigenvalue weighted by Gasteiger charge is 2.21. The summed E-state index contributed by atoms with van der Waals surface area (Å²) < 4.78 is 26.8. The van der Waals surface area contributed by atoms with Gasteiger partial charge in [0.15, 0.2) is 0 Å². The number of nitro groups is 1. The molecule has 0 amide bonds. The Hall–Kier alpha value is -1.22. The lowest BCUT2D eigenvalue weighted by atomic mass is 10.2. The van der Waals surface area contributed by atoms with Crippen molar-refractivity contribution in [2.75, 3.05) is 13.1 Å². The second-order valence-corrected chi connectivity index (χ2v) is 6.62. The van der Waals surface area contributed by atoms with Crippen molar-refractivity contribution < 1.29 is 13.3 Å². The fraction of sp³-hybridized carbons (Fsp3) is 0.500. The Kier molecular flexibility index (Phi) is 6.09. The molecule has 0 bridgehead atoms. The molecule has 0 radical (unpaired) electrons. The largest absolute Gasteiger partial charge is 0.313 e. The predicted molar refractivity (Wildman–Crippen MR) is 81.3 cm³/mol. The second kappa shape index (κ2) is 7.17. The van der Waals surface area contributed by atoms with Crippen LogP contribution in [0.2, 0.25) is 0 Å². The quantitative estimate of drug-likeness (QED) is 0.625. The van der Waals surface area contributed by atoms with Crippen LogP contribution in [0.3, 0.4) is 0 Å². The fourth-order valence-corrected chi connectivity index (χ4v) is 3.39. The summed E-state index contributed by atoms with van der Waals surface area (Å²) in [5, 5.41) is 13.9. The number of nitrogens with one attached hydrogen (secondary N) is 2. The van der Waals surface area contributed by atoms with Crippen molar-refractivity contribution in [1.29, 1.82) is 0 Å². The lowest BCUT2D eigenvalue weighted by molar-refractivity contribution is -0.385. The van der Waals surface area contributed by atoms with Gasteiger partial charge in [0.2, 0.25) is 10.0 Å². The third kappa shape index (κ3) is 4.37. The van der Waals surface area contributed by atoms with Crippen LogP contribution in [0.4, 0.5) is 5.69 Å². The van der Waals surface area contributed by atoms with Crippen LogP contribution >= 0.6 is 12.4 Å². The number of rotatable bonds is 5. The number of hydrogen-bond donors (Lipinski definition) is 2. The summed E-state index contributed by atoms with van der Waals surface area (Å²) in [6.07, 6.45) is 1.99. The average Bonchev–Trinajstić information content (AvgIpc) is 2.89. The standard InChI is InChI=1S/C12H17N3O4S.ClH/c1-9-7-11(4-5-12(9)15(16)17)20(18,19)14-8-10-3-2-6-13-10;/h4-5,7,10,13-14H,2-3,6,8H2,1H3;1H. The number of hydrogen-bond acceptors (Lipinski definition) is 5. The van der Waals surface area contributed by atoms with Gasteiger partial charge < -0.3 is 5.32 Å². The summed E-state index contributed by atoms with van der Waals surface area (Å²) in [6, 6.07) is 3.96. The SMILES string of the molecule is Cc1cc(S(=O)(=O)NCC2CCCN2)ccc1[N+](=O)[O-].Cl. The van der Waals surface area contributed by atoms with Gasteiger partial charge in [-0.05, 0) is 38.4 Å². The van der Waals surface area contributed by atoms with Crippen molar-refractivity contribution in [1.82, 2.24) is 10.0 Å². The van der Waals surface area contributed by atoms with Gasteiger partial charge in [-0.25, -0.2) is 13.1 Å². The smallest absolute Gasteiger partial charge is 0.272 e. The van der Waals surface area contributed by atoms with Crippen molar-refractivity contribution in [2.24, 2.45) is 0 Å². The molecule has 0 aromatic heterocycles. The molecule has 1 aliphatic rings. The van der Waals surface area contributed by atoms with E-state index in [1.54, 1.807) is 0 Å². The van der Waals surface area contributed by atoms with Gasteiger partial charge in [0.1, 0.15) is 0 Å². The van der Waals surface area contributed by atoms with E-state index in [0.717, 1.165) is 19.4 Å². The average molecular weight is 336 g/mol. The van der Waals surface area contributed by atoms with Gasteiger partial charge >= 0.3 is 0 Å². The maximum absolute atomic E-state index is 12.1. The monoisotopic (exact) mass is 335 g/mol. The molecule has 1 unspecified atom stereocenters. The minimum absolute atomic E-state index is 0. The van der Waals surface area contributed by atoms with E-state index in [2.05, 4.69) is 10.0 Å². The van der Waals surface area contributed by atoms with E-state index < -0.39 is 14.9 Å². The molecule has 0 saturated carbocycles. The predicted octanol–water partition coefficient (Wildman–Crippen LogP) is 1.36. The minimum Gasteiger partial charge on any atom is -0.313 e. The first-order valence-corrected chi connectivity index (χ1v) is 7.86. The molecule has 118 valence electrons. The molecule has 2 rings (SSSR count). The molecular formula is C12H18ClN3O4S. The zero-order valence-corrected chi connectivity index (χ0v) is 13.2. The number of nitro benzene ring substituents is 1. The first kappa shape index (κ1) is 17.8. The molecule has 1 atom stereocenters. The summed E-state index contributed by atoms with van der Waals surface area (Å²) >= 11 is 0. The maximum Gasteiger partial charge on any atom is 0.272 e. The molecule has 0 spiro atoms. The van der Waals surface area contributed by atoms with Crippen LogP contribution in [0, 0.1) is 17.0 Å². The highest BCUT2D eigenvalue weighted by atomic mass is 35.5. The normalized spacial score (nSPS) is 18.2. The van der Waals surface area contributed by atoms with Gasteiger partial charge in [-0.15, -0.1) is 12.4 Å². The Morgan fingerprint density at radius 3 is 2.71 bits per heavy atom. The third-order valence-corrected chi connectivity index (χ3v) is 4.78. The van der Waals surface area contributed by atoms with Crippen LogP contribution in [-0.2, 0) is 10.0 Å². The van der Waals surface area contributed by atoms with Crippen molar-refractivity contribution in [3.63, 3.8) is 0 Å². The van der Waals surface area contributed by atoms with Crippen molar-refractivity contribution in [3.8, 4) is 0 Å². The van der Waals surface area contributed by atoms with E-state index >= 15 is 0 Å². The third-order valence-electron chi connectivity index (χ3n) is 3.36. The molecule has 2 N–H and O–H groups in total. The van der Waals surface area contributed by atoms with Gasteiger partial charge in [-0.3, -0.25) is 10.1 Å². The molecule has 1 aromatic carbocycles. The molecule has 1 aromatic rings. The Balaban J connectivity index is 0.00000220. The topological polar surface area (TPSA) is 101 Å². The van der Waals surface area contributed by atoms with E-state index in [9.17, 15) is 18.5 Å². The summed E-state index contributed by atoms with van der Waals surface area (Å²) in [6.45, 7) is 2.76. The molecule has 1 aliphatic heterocycles. The van der Waals surface area contributed by atoms with Crippen LogP contribution in [-0.4, -0.2) is 32.5 Å². The summed E-state index contributed by atoms with van der Waals surface area (Å²) in [5.74, 6) is 0. The summed E-state index contributed by atoms with van der Waals surface area (Å²) in [4.78, 5) is 10.2. The lowest BCUT2D eigenvalue weighted by Gasteiger charge is -2.12. The molecule has 0 aliphatic carbocycles. The van der Waals surface area contributed by atoms with E-state index in [1.807, 2.05) is 0 Å². The molecular weight excluding hydrogens is 318 g/mol.